The van der Waals surface area contributed by atoms with Crippen LogP contribution in [-0.4, -0.2) is 60.2 Å². The van der Waals surface area contributed by atoms with Crippen molar-refractivity contribution in [2.24, 2.45) is 0 Å². The van der Waals surface area contributed by atoms with Crippen molar-refractivity contribution in [3.63, 3.8) is 0 Å². The zero-order chi connectivity index (χ0) is 21.1. The number of carbonyl (C=O) groups excluding carboxylic acids is 3. The van der Waals surface area contributed by atoms with E-state index in [2.05, 4.69) is 31.2 Å². The van der Waals surface area contributed by atoms with E-state index in [1.165, 1.54) is 20.9 Å². The molecule has 0 unspecified atom stereocenters. The summed E-state index contributed by atoms with van der Waals surface area (Å²) in [5.74, 6) is -0.495. The van der Waals surface area contributed by atoms with Crippen molar-refractivity contribution < 1.29 is 19.3 Å². The zero-order valence-corrected chi connectivity index (χ0v) is 17.4. The molecule has 0 saturated carbocycles. The van der Waals surface area contributed by atoms with E-state index in [-0.39, 0.29) is 37.1 Å². The minimum atomic E-state index is -0.290. The van der Waals surface area contributed by atoms with E-state index in [1.54, 1.807) is 12.1 Å². The van der Waals surface area contributed by atoms with Crippen LogP contribution in [0.5, 0.6) is 0 Å². The maximum absolute atomic E-state index is 12.7. The van der Waals surface area contributed by atoms with Gasteiger partial charge in [0, 0.05) is 24.1 Å². The summed E-state index contributed by atoms with van der Waals surface area (Å²) in [4.78, 5) is 42.3. The van der Waals surface area contributed by atoms with Gasteiger partial charge in [-0.25, -0.2) is 0 Å². The van der Waals surface area contributed by atoms with Gasteiger partial charge in [0.2, 0.25) is 11.8 Å². The Labute approximate surface area is 177 Å². The van der Waals surface area contributed by atoms with Crippen molar-refractivity contribution in [2.75, 3.05) is 32.7 Å². The molecule has 0 spiro atoms. The molecule has 6 nitrogen and oxygen atoms in total. The number of amides is 3. The highest BCUT2D eigenvalue weighted by molar-refractivity contribution is 6.09. The Hall–Kier alpha value is -2.99. The summed E-state index contributed by atoms with van der Waals surface area (Å²) in [5.41, 5.74) is 4.00. The summed E-state index contributed by atoms with van der Waals surface area (Å²) in [6.45, 7) is 6.52. The molecule has 0 radical (unpaired) electrons. The van der Waals surface area contributed by atoms with E-state index >= 15 is 0 Å². The molecule has 3 amide bonds. The molecule has 4 rings (SSSR count). The van der Waals surface area contributed by atoms with Crippen LogP contribution in [0.15, 0.2) is 48.5 Å². The van der Waals surface area contributed by atoms with Gasteiger partial charge in [0.15, 0.2) is 0 Å². The quantitative estimate of drug-likeness (QED) is 0.749. The third-order valence-electron chi connectivity index (χ3n) is 6.21. The van der Waals surface area contributed by atoms with Gasteiger partial charge in [0.25, 0.3) is 5.91 Å². The summed E-state index contributed by atoms with van der Waals surface area (Å²) in [6, 6.07) is 15.6. The van der Waals surface area contributed by atoms with Gasteiger partial charge in [0.1, 0.15) is 6.54 Å². The van der Waals surface area contributed by atoms with Gasteiger partial charge in [-0.05, 0) is 24.1 Å². The van der Waals surface area contributed by atoms with Gasteiger partial charge in [-0.15, -0.1) is 0 Å². The Morgan fingerprint density at radius 2 is 1.70 bits per heavy atom. The molecule has 1 fully saturated rings. The fraction of sp³-hybridized carbons (Fsp3) is 0.375. The standard InChI is InChI=1S/C24H27N3O3/c1-18-6-2-3-8-20(18)17-25-12-14-26(15-13-25)22(28)10-11-27-23(29)16-19-7-4-5-9-21(19)24(27)30/h2-9H,10-17H2,1H3/p+1. The number of rotatable bonds is 5. The number of nitrogens with one attached hydrogen (secondary N) is 1. The first-order valence-corrected chi connectivity index (χ1v) is 10.6. The number of aryl methyl sites for hydroxylation is 1. The predicted octanol–water partition coefficient (Wildman–Crippen LogP) is 0.837. The summed E-state index contributed by atoms with van der Waals surface area (Å²) in [7, 11) is 0. The van der Waals surface area contributed by atoms with Crippen LogP contribution in [0, 0.1) is 6.92 Å². The molecular formula is C24H28N3O3+. The Morgan fingerprint density at radius 3 is 2.47 bits per heavy atom. The summed E-state index contributed by atoms with van der Waals surface area (Å²) in [5, 5.41) is 0. The first-order valence-electron chi connectivity index (χ1n) is 10.6. The van der Waals surface area contributed by atoms with Gasteiger partial charge in [-0.2, -0.15) is 0 Å². The van der Waals surface area contributed by atoms with Gasteiger partial charge in [-0.1, -0.05) is 42.5 Å². The number of imide groups is 1. The van der Waals surface area contributed by atoms with Crippen LogP contribution >= 0.6 is 0 Å². The lowest BCUT2D eigenvalue weighted by molar-refractivity contribution is -0.917. The first-order chi connectivity index (χ1) is 14.5. The minimum Gasteiger partial charge on any atom is -0.331 e. The molecule has 156 valence electrons. The second-order valence-electron chi connectivity index (χ2n) is 8.17. The van der Waals surface area contributed by atoms with Gasteiger partial charge in [0.05, 0.1) is 32.6 Å². The van der Waals surface area contributed by atoms with Crippen LogP contribution in [0.25, 0.3) is 0 Å². The lowest BCUT2D eigenvalue weighted by Crippen LogP contribution is -3.13. The topological polar surface area (TPSA) is 62.1 Å². The molecule has 6 heteroatoms. The van der Waals surface area contributed by atoms with Gasteiger partial charge < -0.3 is 9.80 Å². The molecule has 2 aromatic carbocycles. The Morgan fingerprint density at radius 1 is 1.00 bits per heavy atom. The largest absolute Gasteiger partial charge is 0.331 e. The molecule has 1 saturated heterocycles. The zero-order valence-electron chi connectivity index (χ0n) is 17.4. The second kappa shape index (κ2) is 8.79. The lowest BCUT2D eigenvalue weighted by atomic mass is 9.98. The van der Waals surface area contributed by atoms with Crippen LogP contribution in [0.1, 0.15) is 33.5 Å². The van der Waals surface area contributed by atoms with Crippen LogP contribution in [0.4, 0.5) is 0 Å². The highest BCUT2D eigenvalue weighted by Gasteiger charge is 2.31. The molecule has 0 aliphatic carbocycles. The molecule has 2 aromatic rings. The highest BCUT2D eigenvalue weighted by atomic mass is 16.2. The SMILES string of the molecule is Cc1ccccc1C[NH+]1CCN(C(=O)CCN2C(=O)Cc3ccccc3C2=O)CC1. The number of fused-ring (bicyclic) bond motifs is 1. The van der Waals surface area contributed by atoms with Gasteiger partial charge in [-0.3, -0.25) is 19.3 Å². The Kier molecular flexibility index (Phi) is 5.95. The van der Waals surface area contributed by atoms with Crippen molar-refractivity contribution in [2.45, 2.75) is 26.3 Å². The van der Waals surface area contributed by atoms with Crippen LogP contribution in [-0.2, 0) is 22.6 Å². The monoisotopic (exact) mass is 406 g/mol. The van der Waals surface area contributed by atoms with Crippen molar-refractivity contribution in [3.8, 4) is 0 Å². The number of benzene rings is 2. The molecule has 0 bridgehead atoms. The first kappa shape index (κ1) is 20.3. The van der Waals surface area contributed by atoms with E-state index in [0.717, 1.165) is 25.2 Å². The van der Waals surface area contributed by atoms with E-state index in [1.807, 2.05) is 17.0 Å². The molecule has 0 aromatic heterocycles. The predicted molar refractivity (Wildman–Crippen MR) is 113 cm³/mol. The van der Waals surface area contributed by atoms with Crippen molar-refractivity contribution in [1.82, 2.24) is 9.80 Å². The van der Waals surface area contributed by atoms with Crippen molar-refractivity contribution >= 4 is 17.7 Å². The Bertz CT molecular complexity index is 964. The number of hydrogen-bond donors (Lipinski definition) is 1. The lowest BCUT2D eigenvalue weighted by Gasteiger charge is -2.33. The van der Waals surface area contributed by atoms with Crippen LogP contribution in [0.2, 0.25) is 0 Å². The summed E-state index contributed by atoms with van der Waals surface area (Å²) in [6.07, 6.45) is 0.407. The molecule has 30 heavy (non-hydrogen) atoms. The maximum Gasteiger partial charge on any atom is 0.260 e. The third kappa shape index (κ3) is 4.28. The van der Waals surface area contributed by atoms with Gasteiger partial charge >= 0.3 is 0 Å². The average Bonchev–Trinajstić information content (AvgIpc) is 2.75. The number of quaternary nitrogens is 1. The minimum absolute atomic E-state index is 0.0180. The smallest absolute Gasteiger partial charge is 0.260 e. The second-order valence-corrected chi connectivity index (χ2v) is 8.17. The third-order valence-corrected chi connectivity index (χ3v) is 6.21. The van der Waals surface area contributed by atoms with E-state index in [4.69, 9.17) is 0 Å². The molecule has 2 heterocycles. The maximum atomic E-state index is 12.7. The molecule has 0 atom stereocenters. The summed E-state index contributed by atoms with van der Waals surface area (Å²) >= 11 is 0. The van der Waals surface area contributed by atoms with Crippen LogP contribution < -0.4 is 4.90 Å². The highest BCUT2D eigenvalue weighted by Crippen LogP contribution is 2.19. The van der Waals surface area contributed by atoms with Crippen LogP contribution in [0.3, 0.4) is 0 Å². The fourth-order valence-corrected chi connectivity index (χ4v) is 4.32. The normalized spacial score (nSPS) is 17.2. The average molecular weight is 407 g/mol. The van der Waals surface area contributed by atoms with Crippen molar-refractivity contribution in [1.29, 1.82) is 0 Å². The molecular weight excluding hydrogens is 378 g/mol. The number of nitrogens with zero attached hydrogens (tertiary/aromatic N) is 2. The van der Waals surface area contributed by atoms with E-state index in [0.29, 0.717) is 18.7 Å². The Balaban J connectivity index is 1.28. The number of piperazine rings is 1. The number of hydrogen-bond acceptors (Lipinski definition) is 3. The molecule has 2 aliphatic heterocycles. The fourth-order valence-electron chi connectivity index (χ4n) is 4.32. The van der Waals surface area contributed by atoms with E-state index < -0.39 is 0 Å². The van der Waals surface area contributed by atoms with E-state index in [9.17, 15) is 14.4 Å². The molecule has 2 aliphatic rings. The number of carbonyl (C=O) groups is 3. The molecule has 1 N–H and O–H groups in total. The summed E-state index contributed by atoms with van der Waals surface area (Å²) < 4.78 is 0. The van der Waals surface area contributed by atoms with Crippen molar-refractivity contribution in [3.05, 3.63) is 70.8 Å².